The zero-order valence-corrected chi connectivity index (χ0v) is 11.0. The van der Waals surface area contributed by atoms with E-state index in [-0.39, 0.29) is 12.5 Å². The number of hydrogen-bond donors (Lipinski definition) is 0. The Balaban J connectivity index is 2.75. The zero-order valence-electron chi connectivity index (χ0n) is 11.0. The van der Waals surface area contributed by atoms with Crippen LogP contribution in [0.4, 0.5) is 0 Å². The van der Waals surface area contributed by atoms with Crippen LogP contribution in [0.15, 0.2) is 31.0 Å². The largest absolute Gasteiger partial charge is 0.465 e. The Kier molecular flexibility index (Phi) is 6.27. The quantitative estimate of drug-likeness (QED) is 0.548. The van der Waals surface area contributed by atoms with Crippen LogP contribution in [-0.4, -0.2) is 35.5 Å². The van der Waals surface area contributed by atoms with Gasteiger partial charge in [-0.05, 0) is 13.0 Å². The van der Waals surface area contributed by atoms with Crippen LogP contribution < -0.4 is 0 Å². The van der Waals surface area contributed by atoms with Crippen molar-refractivity contribution >= 4 is 5.97 Å². The highest BCUT2D eigenvalue weighted by Crippen LogP contribution is 2.08. The maximum atomic E-state index is 11.5. The maximum absolute atomic E-state index is 11.5. The minimum Gasteiger partial charge on any atom is -0.465 e. The molecule has 0 bridgehead atoms. The third-order valence-corrected chi connectivity index (χ3v) is 2.44. The van der Waals surface area contributed by atoms with E-state index in [1.54, 1.807) is 25.3 Å². The number of esters is 1. The van der Waals surface area contributed by atoms with Crippen LogP contribution in [0.3, 0.4) is 0 Å². The fourth-order valence-corrected chi connectivity index (χ4v) is 1.66. The van der Waals surface area contributed by atoms with Crippen molar-refractivity contribution in [3.63, 3.8) is 0 Å². The fraction of sp³-hybridized carbons (Fsp3) is 0.357. The molecule has 0 fully saturated rings. The summed E-state index contributed by atoms with van der Waals surface area (Å²) in [6, 6.07) is 5.64. The molecule has 0 saturated carbocycles. The molecule has 0 saturated heterocycles. The normalized spacial score (nSPS) is 9.95. The highest BCUT2D eigenvalue weighted by molar-refractivity contribution is 5.71. The van der Waals surface area contributed by atoms with E-state index in [0.29, 0.717) is 25.4 Å². The van der Waals surface area contributed by atoms with E-state index in [1.807, 2.05) is 17.0 Å². The van der Waals surface area contributed by atoms with Gasteiger partial charge >= 0.3 is 5.97 Å². The molecule has 0 aromatic carbocycles. The maximum Gasteiger partial charge on any atom is 0.320 e. The number of pyridine rings is 1. The predicted molar refractivity (Wildman–Crippen MR) is 71.1 cm³/mol. The first-order valence-corrected chi connectivity index (χ1v) is 6.04. The summed E-state index contributed by atoms with van der Waals surface area (Å²) in [5, 5.41) is 8.98. The van der Waals surface area contributed by atoms with Crippen molar-refractivity contribution in [2.75, 3.05) is 19.7 Å². The molecule has 0 aliphatic heterocycles. The van der Waals surface area contributed by atoms with Crippen LogP contribution in [0.25, 0.3) is 0 Å². The first-order chi connectivity index (χ1) is 9.21. The molecular formula is C14H17N3O2. The van der Waals surface area contributed by atoms with Gasteiger partial charge in [-0.3, -0.25) is 9.69 Å². The SMILES string of the molecule is C=CCN(CC(=O)OCC)Cc1cccnc1C#N. The van der Waals surface area contributed by atoms with Gasteiger partial charge in [-0.2, -0.15) is 5.26 Å². The number of nitrogens with zero attached hydrogens (tertiary/aromatic N) is 3. The van der Waals surface area contributed by atoms with Crippen molar-refractivity contribution in [1.29, 1.82) is 5.26 Å². The average molecular weight is 259 g/mol. The summed E-state index contributed by atoms with van der Waals surface area (Å²) in [5.74, 6) is -0.285. The number of carbonyl (C=O) groups is 1. The zero-order chi connectivity index (χ0) is 14.1. The Morgan fingerprint density at radius 2 is 2.47 bits per heavy atom. The fourth-order valence-electron chi connectivity index (χ4n) is 1.66. The molecule has 0 spiro atoms. The Morgan fingerprint density at radius 3 is 3.11 bits per heavy atom. The smallest absolute Gasteiger partial charge is 0.320 e. The van der Waals surface area contributed by atoms with Crippen molar-refractivity contribution in [1.82, 2.24) is 9.88 Å². The number of rotatable bonds is 7. The molecule has 100 valence electrons. The molecule has 0 aliphatic rings. The van der Waals surface area contributed by atoms with Crippen LogP contribution in [-0.2, 0) is 16.1 Å². The van der Waals surface area contributed by atoms with Gasteiger partial charge in [0.1, 0.15) is 11.8 Å². The Morgan fingerprint density at radius 1 is 1.68 bits per heavy atom. The van der Waals surface area contributed by atoms with Gasteiger partial charge in [0.15, 0.2) is 0 Å². The van der Waals surface area contributed by atoms with Gasteiger partial charge in [0.2, 0.25) is 0 Å². The molecule has 1 aromatic heterocycles. The van der Waals surface area contributed by atoms with E-state index in [1.165, 1.54) is 0 Å². The number of hydrogen-bond acceptors (Lipinski definition) is 5. The van der Waals surface area contributed by atoms with Crippen molar-refractivity contribution in [3.8, 4) is 6.07 Å². The molecule has 0 unspecified atom stereocenters. The van der Waals surface area contributed by atoms with E-state index >= 15 is 0 Å². The van der Waals surface area contributed by atoms with Crippen molar-refractivity contribution in [3.05, 3.63) is 42.2 Å². The lowest BCUT2D eigenvalue weighted by molar-refractivity contribution is -0.144. The van der Waals surface area contributed by atoms with Crippen LogP contribution in [0.1, 0.15) is 18.2 Å². The summed E-state index contributed by atoms with van der Waals surface area (Å²) >= 11 is 0. The minimum atomic E-state index is -0.285. The minimum absolute atomic E-state index is 0.166. The number of carbonyl (C=O) groups excluding carboxylic acids is 1. The van der Waals surface area contributed by atoms with E-state index in [0.717, 1.165) is 5.56 Å². The Bertz CT molecular complexity index is 480. The van der Waals surface area contributed by atoms with E-state index < -0.39 is 0 Å². The summed E-state index contributed by atoms with van der Waals surface area (Å²) in [6.45, 7) is 6.96. The summed E-state index contributed by atoms with van der Waals surface area (Å²) in [7, 11) is 0. The molecule has 0 aliphatic carbocycles. The average Bonchev–Trinajstić information content (AvgIpc) is 2.40. The molecule has 1 heterocycles. The summed E-state index contributed by atoms with van der Waals surface area (Å²) in [5.41, 5.74) is 1.16. The lowest BCUT2D eigenvalue weighted by Gasteiger charge is -2.19. The van der Waals surface area contributed by atoms with Crippen molar-refractivity contribution in [2.45, 2.75) is 13.5 Å². The van der Waals surface area contributed by atoms with Crippen LogP contribution in [0, 0.1) is 11.3 Å². The van der Waals surface area contributed by atoms with Gasteiger partial charge in [0, 0.05) is 24.8 Å². The van der Waals surface area contributed by atoms with Crippen molar-refractivity contribution in [2.24, 2.45) is 0 Å². The third-order valence-electron chi connectivity index (χ3n) is 2.44. The van der Waals surface area contributed by atoms with Gasteiger partial charge in [0.05, 0.1) is 13.2 Å². The van der Waals surface area contributed by atoms with Crippen LogP contribution in [0.2, 0.25) is 0 Å². The van der Waals surface area contributed by atoms with Crippen LogP contribution >= 0.6 is 0 Å². The summed E-state index contributed by atoms with van der Waals surface area (Å²) < 4.78 is 4.92. The number of nitriles is 1. The molecule has 0 atom stereocenters. The standard InChI is InChI=1S/C14H17N3O2/c1-3-8-17(11-14(18)19-4-2)10-12-6-5-7-16-13(12)9-15/h3,5-7H,1,4,8,10-11H2,2H3. The van der Waals surface area contributed by atoms with Gasteiger partial charge in [-0.1, -0.05) is 12.1 Å². The summed E-state index contributed by atoms with van der Waals surface area (Å²) in [4.78, 5) is 17.3. The van der Waals surface area contributed by atoms with Gasteiger partial charge in [0.25, 0.3) is 0 Å². The Labute approximate surface area is 113 Å². The molecule has 5 nitrogen and oxygen atoms in total. The molecule has 0 radical (unpaired) electrons. The lowest BCUT2D eigenvalue weighted by atomic mass is 10.2. The highest BCUT2D eigenvalue weighted by atomic mass is 16.5. The third kappa shape index (κ3) is 4.90. The molecule has 5 heteroatoms. The molecule has 19 heavy (non-hydrogen) atoms. The Hall–Kier alpha value is -2.19. The molecular weight excluding hydrogens is 242 g/mol. The second-order valence-corrected chi connectivity index (χ2v) is 3.89. The first kappa shape index (κ1) is 14.9. The molecule has 1 rings (SSSR count). The highest BCUT2D eigenvalue weighted by Gasteiger charge is 2.13. The predicted octanol–water partition coefficient (Wildman–Crippen LogP) is 1.50. The second kappa shape index (κ2) is 8.01. The monoisotopic (exact) mass is 259 g/mol. The van der Waals surface area contributed by atoms with E-state index in [9.17, 15) is 4.79 Å². The van der Waals surface area contributed by atoms with E-state index in [2.05, 4.69) is 11.6 Å². The second-order valence-electron chi connectivity index (χ2n) is 3.89. The molecule has 1 aromatic rings. The summed E-state index contributed by atoms with van der Waals surface area (Å²) in [6.07, 6.45) is 3.28. The molecule has 0 amide bonds. The van der Waals surface area contributed by atoms with Gasteiger partial charge < -0.3 is 4.74 Å². The lowest BCUT2D eigenvalue weighted by Crippen LogP contribution is -2.31. The van der Waals surface area contributed by atoms with Gasteiger partial charge in [-0.15, -0.1) is 6.58 Å². The van der Waals surface area contributed by atoms with Crippen molar-refractivity contribution < 1.29 is 9.53 Å². The topological polar surface area (TPSA) is 66.2 Å². The number of ether oxygens (including phenoxy) is 1. The number of aromatic nitrogens is 1. The van der Waals surface area contributed by atoms with E-state index in [4.69, 9.17) is 10.00 Å². The van der Waals surface area contributed by atoms with Crippen LogP contribution in [0.5, 0.6) is 0 Å². The molecule has 0 N–H and O–H groups in total. The first-order valence-electron chi connectivity index (χ1n) is 6.04. The van der Waals surface area contributed by atoms with Gasteiger partial charge in [-0.25, -0.2) is 4.98 Å².